The molecule has 0 fully saturated rings. The van der Waals surface area contributed by atoms with E-state index in [0.717, 1.165) is 77.2 Å². The van der Waals surface area contributed by atoms with Crippen molar-refractivity contribution in [2.24, 2.45) is 0 Å². The van der Waals surface area contributed by atoms with Gasteiger partial charge in [0, 0.05) is 53.0 Å². The van der Waals surface area contributed by atoms with Crippen LogP contribution in [0.4, 0.5) is 0 Å². The van der Waals surface area contributed by atoms with Crippen molar-refractivity contribution in [1.29, 1.82) is 0 Å². The Balaban J connectivity index is 0.975. The molecule has 57 heavy (non-hydrogen) atoms. The SMILES string of the molecule is c1ccc(-c2nc(-c3ccc(-c4ccc5sc6ccc7ccc8nc(-c9ccccc9)oc8c7c6c5c4)cc3)nc(-c3cccc4c3oc3ccccc34)n2)cc1. The topological polar surface area (TPSA) is 77.8 Å². The third kappa shape index (κ3) is 5.17. The van der Waals surface area contributed by atoms with Gasteiger partial charge < -0.3 is 8.83 Å². The number of nitrogens with zero attached hydrogens (tertiary/aromatic N) is 4. The van der Waals surface area contributed by atoms with Crippen LogP contribution in [-0.4, -0.2) is 19.9 Å². The van der Waals surface area contributed by atoms with Gasteiger partial charge in [-0.1, -0.05) is 121 Å². The minimum Gasteiger partial charge on any atom is -0.455 e. The van der Waals surface area contributed by atoms with Crippen molar-refractivity contribution in [2.45, 2.75) is 0 Å². The highest BCUT2D eigenvalue weighted by molar-refractivity contribution is 7.26. The lowest BCUT2D eigenvalue weighted by molar-refractivity contribution is 0.623. The van der Waals surface area contributed by atoms with Crippen molar-refractivity contribution in [1.82, 2.24) is 19.9 Å². The summed E-state index contributed by atoms with van der Waals surface area (Å²) >= 11 is 1.80. The average molecular weight is 749 g/mol. The quantitative estimate of drug-likeness (QED) is 0.174. The van der Waals surface area contributed by atoms with E-state index in [9.17, 15) is 0 Å². The third-order valence-electron chi connectivity index (χ3n) is 10.8. The van der Waals surface area contributed by atoms with Gasteiger partial charge >= 0.3 is 0 Å². The van der Waals surface area contributed by atoms with Crippen LogP contribution in [0.2, 0.25) is 0 Å². The van der Waals surface area contributed by atoms with E-state index in [1.165, 1.54) is 20.2 Å². The summed E-state index contributed by atoms with van der Waals surface area (Å²) in [7, 11) is 0. The van der Waals surface area contributed by atoms with Crippen LogP contribution in [0.5, 0.6) is 0 Å². The van der Waals surface area contributed by atoms with E-state index in [1.54, 1.807) is 11.3 Å². The van der Waals surface area contributed by atoms with Crippen LogP contribution in [0.1, 0.15) is 0 Å². The van der Waals surface area contributed by atoms with E-state index in [1.807, 2.05) is 91.0 Å². The number of aromatic nitrogens is 4. The molecule has 0 atom stereocenters. The van der Waals surface area contributed by atoms with Gasteiger partial charge in [-0.05, 0) is 65.0 Å². The molecule has 0 aliphatic heterocycles. The average Bonchev–Trinajstić information content (AvgIpc) is 4.00. The van der Waals surface area contributed by atoms with Gasteiger partial charge in [-0.2, -0.15) is 0 Å². The maximum absolute atomic E-state index is 6.54. The number of benzene rings is 8. The Bertz CT molecular complexity index is 3520. The zero-order chi connectivity index (χ0) is 37.5. The fourth-order valence-electron chi connectivity index (χ4n) is 8.02. The molecule has 0 aliphatic carbocycles. The number of para-hydroxylation sites is 2. The summed E-state index contributed by atoms with van der Waals surface area (Å²) in [6.45, 7) is 0. The molecule has 8 aromatic carbocycles. The van der Waals surface area contributed by atoms with Crippen LogP contribution in [0.15, 0.2) is 179 Å². The molecule has 0 bridgehead atoms. The Kier molecular flexibility index (Phi) is 7.00. The third-order valence-corrected chi connectivity index (χ3v) is 11.9. The fourth-order valence-corrected chi connectivity index (χ4v) is 9.12. The molecule has 12 rings (SSSR count). The van der Waals surface area contributed by atoms with Gasteiger partial charge in [-0.25, -0.2) is 19.9 Å². The number of rotatable bonds is 5. The zero-order valence-corrected chi connectivity index (χ0v) is 31.0. The molecule has 0 aliphatic rings. The van der Waals surface area contributed by atoms with Crippen LogP contribution in [0.25, 0.3) is 121 Å². The van der Waals surface area contributed by atoms with Crippen molar-refractivity contribution in [2.75, 3.05) is 0 Å². The van der Waals surface area contributed by atoms with Crippen LogP contribution < -0.4 is 0 Å². The molecule has 12 aromatic rings. The summed E-state index contributed by atoms with van der Waals surface area (Å²) in [5, 5.41) is 6.70. The first kappa shape index (κ1) is 31.8. The van der Waals surface area contributed by atoms with Gasteiger partial charge in [0.05, 0.1) is 5.56 Å². The second kappa shape index (κ2) is 12.5. The maximum Gasteiger partial charge on any atom is 0.227 e. The van der Waals surface area contributed by atoms with Gasteiger partial charge in [-0.3, -0.25) is 0 Å². The Hall–Kier alpha value is -7.48. The lowest BCUT2D eigenvalue weighted by atomic mass is 9.99. The first-order valence-electron chi connectivity index (χ1n) is 18.8. The molecule has 4 aromatic heterocycles. The van der Waals surface area contributed by atoms with Gasteiger partial charge in [-0.15, -0.1) is 11.3 Å². The highest BCUT2D eigenvalue weighted by Crippen LogP contribution is 2.43. The van der Waals surface area contributed by atoms with E-state index < -0.39 is 0 Å². The number of fused-ring (bicyclic) bond motifs is 10. The van der Waals surface area contributed by atoms with Gasteiger partial charge in [0.25, 0.3) is 0 Å². The van der Waals surface area contributed by atoms with Crippen molar-refractivity contribution >= 4 is 75.3 Å². The monoisotopic (exact) mass is 748 g/mol. The molecule has 0 spiro atoms. The van der Waals surface area contributed by atoms with Crippen LogP contribution in [-0.2, 0) is 0 Å². The number of furan rings is 1. The lowest BCUT2D eigenvalue weighted by Crippen LogP contribution is -2.00. The second-order valence-electron chi connectivity index (χ2n) is 14.2. The van der Waals surface area contributed by atoms with Gasteiger partial charge in [0.1, 0.15) is 16.7 Å². The Morgan fingerprint density at radius 3 is 1.86 bits per heavy atom. The molecule has 4 heterocycles. The number of hydrogen-bond acceptors (Lipinski definition) is 7. The zero-order valence-electron chi connectivity index (χ0n) is 30.2. The van der Waals surface area contributed by atoms with Crippen molar-refractivity contribution in [3.63, 3.8) is 0 Å². The molecule has 0 radical (unpaired) electrons. The summed E-state index contributed by atoms with van der Waals surface area (Å²) in [4.78, 5) is 20.0. The lowest BCUT2D eigenvalue weighted by Gasteiger charge is -2.09. The molecule has 0 amide bonds. The van der Waals surface area contributed by atoms with Gasteiger partial charge in [0.15, 0.2) is 23.1 Å². The number of oxazole rings is 1. The largest absolute Gasteiger partial charge is 0.455 e. The summed E-state index contributed by atoms with van der Waals surface area (Å²) in [6, 6.07) is 58.2. The van der Waals surface area contributed by atoms with E-state index in [-0.39, 0.29) is 0 Å². The highest BCUT2D eigenvalue weighted by atomic mass is 32.1. The van der Waals surface area contributed by atoms with E-state index >= 15 is 0 Å². The smallest absolute Gasteiger partial charge is 0.227 e. The Morgan fingerprint density at radius 1 is 0.386 bits per heavy atom. The first-order chi connectivity index (χ1) is 28.2. The maximum atomic E-state index is 6.54. The van der Waals surface area contributed by atoms with E-state index in [0.29, 0.717) is 23.4 Å². The molecule has 266 valence electrons. The van der Waals surface area contributed by atoms with Crippen molar-refractivity contribution < 1.29 is 8.83 Å². The molecular weight excluding hydrogens is 721 g/mol. The molecule has 6 nitrogen and oxygen atoms in total. The van der Waals surface area contributed by atoms with E-state index in [4.69, 9.17) is 28.8 Å². The highest BCUT2D eigenvalue weighted by Gasteiger charge is 2.19. The minimum absolute atomic E-state index is 0.561. The minimum atomic E-state index is 0.561. The predicted octanol–water partition coefficient (Wildman–Crippen LogP) is 13.8. The fraction of sp³-hybridized carbons (Fsp3) is 0. The molecule has 0 N–H and O–H groups in total. The summed E-state index contributed by atoms with van der Waals surface area (Å²) in [5.41, 5.74) is 9.07. The van der Waals surface area contributed by atoms with Crippen LogP contribution in [0.3, 0.4) is 0 Å². The number of hydrogen-bond donors (Lipinski definition) is 0. The predicted molar refractivity (Wildman–Crippen MR) is 232 cm³/mol. The summed E-state index contributed by atoms with van der Waals surface area (Å²) in [6.07, 6.45) is 0. The molecule has 0 unspecified atom stereocenters. The first-order valence-corrected chi connectivity index (χ1v) is 19.6. The van der Waals surface area contributed by atoms with Crippen molar-refractivity contribution in [3.8, 4) is 56.7 Å². The van der Waals surface area contributed by atoms with Crippen LogP contribution in [0, 0.1) is 0 Å². The molecule has 0 saturated carbocycles. The molecular formula is C50H28N4O2S. The van der Waals surface area contributed by atoms with Crippen molar-refractivity contribution in [3.05, 3.63) is 170 Å². The second-order valence-corrected chi connectivity index (χ2v) is 15.3. The normalized spacial score (nSPS) is 11.9. The standard InChI is InChI=1S/C50H28N4O2S/c1-3-10-31(11-4-1)47-52-48(54-49(53-47)37-16-9-15-36-35-14-7-8-17-40(35)55-45(36)37)32-20-18-29(19-21-32)34-24-26-41-38(28-34)44-42(57-41)27-23-30-22-25-39-46(43(30)44)56-50(51-39)33-12-5-2-6-13-33/h1-28H. The summed E-state index contributed by atoms with van der Waals surface area (Å²) in [5.74, 6) is 2.39. The Labute approximate surface area is 329 Å². The Morgan fingerprint density at radius 2 is 1.04 bits per heavy atom. The molecule has 0 saturated heterocycles. The molecule has 7 heteroatoms. The van der Waals surface area contributed by atoms with E-state index in [2.05, 4.69) is 78.9 Å². The van der Waals surface area contributed by atoms with Gasteiger partial charge in [0.2, 0.25) is 5.89 Å². The summed E-state index contributed by atoms with van der Waals surface area (Å²) < 4.78 is 15.4. The number of thiophene rings is 1. The van der Waals surface area contributed by atoms with Crippen LogP contribution >= 0.6 is 11.3 Å².